The molecular formula is C14H18FNO2. The number of aliphatic carboxylic acids is 1. The van der Waals surface area contributed by atoms with Gasteiger partial charge in [-0.1, -0.05) is 18.2 Å². The van der Waals surface area contributed by atoms with Gasteiger partial charge < -0.3 is 5.11 Å². The summed E-state index contributed by atoms with van der Waals surface area (Å²) in [6.45, 7) is 3.28. The third-order valence-corrected chi connectivity index (χ3v) is 3.69. The molecule has 1 aliphatic heterocycles. The van der Waals surface area contributed by atoms with Gasteiger partial charge in [-0.3, -0.25) is 9.69 Å². The summed E-state index contributed by atoms with van der Waals surface area (Å²) in [7, 11) is 0. The summed E-state index contributed by atoms with van der Waals surface area (Å²) < 4.78 is 13.6. The van der Waals surface area contributed by atoms with Crippen LogP contribution >= 0.6 is 0 Å². The van der Waals surface area contributed by atoms with E-state index in [-0.39, 0.29) is 17.8 Å². The number of carboxylic acid groups (broad SMARTS) is 1. The van der Waals surface area contributed by atoms with Crippen LogP contribution in [0.15, 0.2) is 24.3 Å². The van der Waals surface area contributed by atoms with Gasteiger partial charge in [0.2, 0.25) is 0 Å². The molecule has 0 spiro atoms. The molecule has 2 rings (SSSR count). The SMILES string of the molecule is CC1CC(C(=O)O)CCN1Cc1ccccc1F. The third kappa shape index (κ3) is 2.88. The molecule has 1 saturated heterocycles. The van der Waals surface area contributed by atoms with E-state index in [0.29, 0.717) is 31.5 Å². The summed E-state index contributed by atoms with van der Waals surface area (Å²) in [5.41, 5.74) is 0.679. The van der Waals surface area contributed by atoms with E-state index in [0.717, 1.165) is 0 Å². The number of carboxylic acids is 1. The van der Waals surface area contributed by atoms with Gasteiger partial charge in [0.15, 0.2) is 0 Å². The molecule has 1 fully saturated rings. The van der Waals surface area contributed by atoms with Crippen LogP contribution in [0.2, 0.25) is 0 Å². The second-order valence-electron chi connectivity index (χ2n) is 4.97. The average Bonchev–Trinajstić information content (AvgIpc) is 2.34. The van der Waals surface area contributed by atoms with Gasteiger partial charge in [0.25, 0.3) is 0 Å². The molecule has 0 aromatic heterocycles. The molecule has 1 aliphatic rings. The van der Waals surface area contributed by atoms with Crippen molar-refractivity contribution in [3.05, 3.63) is 35.6 Å². The predicted molar refractivity (Wildman–Crippen MR) is 66.6 cm³/mol. The maximum atomic E-state index is 13.6. The van der Waals surface area contributed by atoms with Crippen molar-refractivity contribution >= 4 is 5.97 Å². The number of hydrogen-bond donors (Lipinski definition) is 1. The van der Waals surface area contributed by atoms with Crippen LogP contribution in [0.3, 0.4) is 0 Å². The molecular weight excluding hydrogens is 233 g/mol. The van der Waals surface area contributed by atoms with E-state index >= 15 is 0 Å². The molecule has 4 heteroatoms. The minimum Gasteiger partial charge on any atom is -0.481 e. The van der Waals surface area contributed by atoms with E-state index in [1.54, 1.807) is 12.1 Å². The van der Waals surface area contributed by atoms with Crippen LogP contribution in [0.25, 0.3) is 0 Å². The van der Waals surface area contributed by atoms with Crippen LogP contribution in [0.4, 0.5) is 4.39 Å². The highest BCUT2D eigenvalue weighted by molar-refractivity contribution is 5.70. The molecule has 2 unspecified atom stereocenters. The van der Waals surface area contributed by atoms with E-state index in [4.69, 9.17) is 5.11 Å². The Bertz CT molecular complexity index is 436. The number of piperidine rings is 1. The minimum absolute atomic E-state index is 0.180. The van der Waals surface area contributed by atoms with Gasteiger partial charge in [0, 0.05) is 18.2 Å². The number of carbonyl (C=O) groups is 1. The number of likely N-dealkylation sites (tertiary alicyclic amines) is 1. The first-order chi connectivity index (χ1) is 8.58. The van der Waals surface area contributed by atoms with Gasteiger partial charge in [0.1, 0.15) is 5.82 Å². The second kappa shape index (κ2) is 5.48. The normalized spacial score (nSPS) is 25.0. The fraction of sp³-hybridized carbons (Fsp3) is 0.500. The van der Waals surface area contributed by atoms with Gasteiger partial charge in [-0.05, 0) is 32.4 Å². The van der Waals surface area contributed by atoms with Crippen molar-refractivity contribution in [1.29, 1.82) is 0 Å². The van der Waals surface area contributed by atoms with Crippen LogP contribution in [-0.4, -0.2) is 28.6 Å². The fourth-order valence-corrected chi connectivity index (χ4v) is 2.53. The lowest BCUT2D eigenvalue weighted by molar-refractivity contribution is -0.144. The highest BCUT2D eigenvalue weighted by Gasteiger charge is 2.29. The molecule has 1 aromatic rings. The fourth-order valence-electron chi connectivity index (χ4n) is 2.53. The second-order valence-corrected chi connectivity index (χ2v) is 4.97. The lowest BCUT2D eigenvalue weighted by Gasteiger charge is -2.36. The first kappa shape index (κ1) is 13.0. The quantitative estimate of drug-likeness (QED) is 0.897. The molecule has 18 heavy (non-hydrogen) atoms. The molecule has 98 valence electrons. The lowest BCUT2D eigenvalue weighted by atomic mass is 9.91. The molecule has 0 bridgehead atoms. The topological polar surface area (TPSA) is 40.5 Å². The smallest absolute Gasteiger partial charge is 0.306 e. The Labute approximate surface area is 106 Å². The van der Waals surface area contributed by atoms with Crippen molar-refractivity contribution in [3.63, 3.8) is 0 Å². The first-order valence-corrected chi connectivity index (χ1v) is 6.28. The Morgan fingerprint density at radius 3 is 2.83 bits per heavy atom. The van der Waals surface area contributed by atoms with E-state index in [2.05, 4.69) is 4.90 Å². The molecule has 2 atom stereocenters. The lowest BCUT2D eigenvalue weighted by Crippen LogP contribution is -2.42. The summed E-state index contributed by atoms with van der Waals surface area (Å²) in [5, 5.41) is 9.00. The maximum Gasteiger partial charge on any atom is 0.306 e. The Morgan fingerprint density at radius 2 is 2.22 bits per heavy atom. The van der Waals surface area contributed by atoms with Crippen molar-refractivity contribution in [3.8, 4) is 0 Å². The van der Waals surface area contributed by atoms with Crippen LogP contribution in [-0.2, 0) is 11.3 Å². The highest BCUT2D eigenvalue weighted by atomic mass is 19.1. The van der Waals surface area contributed by atoms with Crippen LogP contribution in [0, 0.1) is 11.7 Å². The zero-order valence-electron chi connectivity index (χ0n) is 10.5. The van der Waals surface area contributed by atoms with Crippen LogP contribution < -0.4 is 0 Å². The molecule has 0 saturated carbocycles. The van der Waals surface area contributed by atoms with Crippen LogP contribution in [0.5, 0.6) is 0 Å². The van der Waals surface area contributed by atoms with Gasteiger partial charge >= 0.3 is 5.97 Å². The standard InChI is InChI=1S/C14H18FNO2/c1-10-8-11(14(17)18)6-7-16(10)9-12-4-2-3-5-13(12)15/h2-5,10-11H,6-9H2,1H3,(H,17,18). The zero-order chi connectivity index (χ0) is 13.1. The van der Waals surface area contributed by atoms with Crippen molar-refractivity contribution < 1.29 is 14.3 Å². The van der Waals surface area contributed by atoms with Crippen LogP contribution in [0.1, 0.15) is 25.3 Å². The number of rotatable bonds is 3. The number of hydrogen-bond acceptors (Lipinski definition) is 2. The van der Waals surface area contributed by atoms with Gasteiger partial charge in [0.05, 0.1) is 5.92 Å². The zero-order valence-corrected chi connectivity index (χ0v) is 10.5. The Kier molecular flexibility index (Phi) is 3.97. The number of benzene rings is 1. The number of nitrogens with zero attached hydrogens (tertiary/aromatic N) is 1. The minimum atomic E-state index is -0.715. The molecule has 1 heterocycles. The molecule has 1 aromatic carbocycles. The van der Waals surface area contributed by atoms with Crippen molar-refractivity contribution in [2.24, 2.45) is 5.92 Å². The monoisotopic (exact) mass is 251 g/mol. The molecule has 0 radical (unpaired) electrons. The summed E-state index contributed by atoms with van der Waals surface area (Å²) in [6.07, 6.45) is 1.29. The van der Waals surface area contributed by atoms with E-state index < -0.39 is 5.97 Å². The van der Waals surface area contributed by atoms with Crippen molar-refractivity contribution in [2.75, 3.05) is 6.54 Å². The predicted octanol–water partition coefficient (Wildman–Crippen LogP) is 2.51. The Hall–Kier alpha value is -1.42. The third-order valence-electron chi connectivity index (χ3n) is 3.69. The Balaban J connectivity index is 2.00. The summed E-state index contributed by atoms with van der Waals surface area (Å²) >= 11 is 0. The van der Waals surface area contributed by atoms with E-state index in [9.17, 15) is 9.18 Å². The largest absolute Gasteiger partial charge is 0.481 e. The summed E-state index contributed by atoms with van der Waals surface area (Å²) in [4.78, 5) is 13.1. The van der Waals surface area contributed by atoms with Gasteiger partial charge in [-0.25, -0.2) is 4.39 Å². The highest BCUT2D eigenvalue weighted by Crippen LogP contribution is 2.25. The summed E-state index contributed by atoms with van der Waals surface area (Å²) in [5.74, 6) is -1.16. The van der Waals surface area contributed by atoms with Crippen molar-refractivity contribution in [1.82, 2.24) is 4.90 Å². The molecule has 0 amide bonds. The first-order valence-electron chi connectivity index (χ1n) is 6.28. The van der Waals surface area contributed by atoms with E-state index in [1.807, 2.05) is 13.0 Å². The maximum absolute atomic E-state index is 13.6. The Morgan fingerprint density at radius 1 is 1.50 bits per heavy atom. The number of halogens is 1. The molecule has 0 aliphatic carbocycles. The van der Waals surface area contributed by atoms with Gasteiger partial charge in [-0.2, -0.15) is 0 Å². The van der Waals surface area contributed by atoms with E-state index in [1.165, 1.54) is 6.07 Å². The van der Waals surface area contributed by atoms with Gasteiger partial charge in [-0.15, -0.1) is 0 Å². The summed E-state index contributed by atoms with van der Waals surface area (Å²) in [6, 6.07) is 6.93. The van der Waals surface area contributed by atoms with Crippen molar-refractivity contribution in [2.45, 2.75) is 32.4 Å². The molecule has 1 N–H and O–H groups in total. The molecule has 3 nitrogen and oxygen atoms in total. The average molecular weight is 251 g/mol.